The van der Waals surface area contributed by atoms with E-state index in [0.717, 1.165) is 5.75 Å². The smallest absolute Gasteiger partial charge is 0.129 e. The lowest BCUT2D eigenvalue weighted by molar-refractivity contribution is 0.227. The van der Waals surface area contributed by atoms with Crippen LogP contribution in [0.15, 0.2) is 182 Å². The number of hydrogen-bond acceptors (Lipinski definition) is 1. The second kappa shape index (κ2) is 10.3. The molecule has 1 nitrogen and oxygen atoms in total. The fraction of sp³-hybridized carbons (Fsp3) is 0.0588. The molecule has 1 aliphatic heterocycles. The van der Waals surface area contributed by atoms with Crippen molar-refractivity contribution in [3.8, 4) is 50.3 Å². The van der Waals surface area contributed by atoms with Crippen molar-refractivity contribution < 1.29 is 4.74 Å². The third-order valence-corrected chi connectivity index (χ3v) is 12.2. The van der Waals surface area contributed by atoms with Crippen LogP contribution in [-0.2, 0) is 5.41 Å². The SMILES string of the molecule is C1=CC2Oc3cc(-c4ccc(-c5ccc6c(c5)C5(c7ccccc7-c7ccccc75)c5ccccc5-6)c5ccccc45)cc4cccc(c34)C2C=C1. The van der Waals surface area contributed by atoms with Gasteiger partial charge >= 0.3 is 0 Å². The monoisotopic (exact) mass is 660 g/mol. The molecule has 8 aromatic carbocycles. The highest BCUT2D eigenvalue weighted by molar-refractivity contribution is 6.07. The topological polar surface area (TPSA) is 9.23 Å². The van der Waals surface area contributed by atoms with E-state index in [0.29, 0.717) is 0 Å². The summed E-state index contributed by atoms with van der Waals surface area (Å²) in [5, 5.41) is 4.95. The maximum atomic E-state index is 6.70. The van der Waals surface area contributed by atoms with Gasteiger partial charge in [0.2, 0.25) is 0 Å². The highest BCUT2D eigenvalue weighted by Gasteiger charge is 2.51. The maximum Gasteiger partial charge on any atom is 0.129 e. The molecule has 242 valence electrons. The van der Waals surface area contributed by atoms with Crippen molar-refractivity contribution in [1.82, 2.24) is 0 Å². The standard InChI is InChI=1S/C51H32O/c1-2-14-37-35(33-28-32-12-11-19-43-42-18-6-10-23-48(42)52-49(30-33)50(32)43)27-26-34(36(37)13-1)31-24-25-41-40-17-5-9-22-46(40)51(47(41)29-31)44-20-7-3-15-38(44)39-16-4-8-21-45(39)51/h1-30,42,48H. The normalized spacial score (nSPS) is 17.8. The molecule has 2 unspecified atom stereocenters. The number of ether oxygens (including phenoxy) is 1. The Morgan fingerprint density at radius 3 is 1.69 bits per heavy atom. The van der Waals surface area contributed by atoms with Gasteiger partial charge in [-0.15, -0.1) is 0 Å². The van der Waals surface area contributed by atoms with Crippen molar-refractivity contribution in [3.63, 3.8) is 0 Å². The fourth-order valence-electron chi connectivity index (χ4n) is 10.1. The van der Waals surface area contributed by atoms with Crippen molar-refractivity contribution in [3.05, 3.63) is 210 Å². The third kappa shape index (κ3) is 3.58. The highest BCUT2D eigenvalue weighted by Crippen LogP contribution is 2.63. The van der Waals surface area contributed by atoms with Crippen molar-refractivity contribution in [2.45, 2.75) is 17.4 Å². The highest BCUT2D eigenvalue weighted by atomic mass is 16.5. The quantitative estimate of drug-likeness (QED) is 0.179. The Bertz CT molecular complexity index is 2840. The number of allylic oxidation sites excluding steroid dienone is 2. The van der Waals surface area contributed by atoms with Crippen LogP contribution in [0.4, 0.5) is 0 Å². The molecule has 1 heteroatoms. The van der Waals surface area contributed by atoms with Crippen LogP contribution in [0.3, 0.4) is 0 Å². The van der Waals surface area contributed by atoms with Gasteiger partial charge < -0.3 is 4.74 Å². The van der Waals surface area contributed by atoms with Crippen LogP contribution < -0.4 is 4.74 Å². The predicted octanol–water partition coefficient (Wildman–Crippen LogP) is 12.6. The van der Waals surface area contributed by atoms with Gasteiger partial charge in [-0.1, -0.05) is 158 Å². The summed E-state index contributed by atoms with van der Waals surface area (Å²) < 4.78 is 6.70. The first-order chi connectivity index (χ1) is 25.8. The van der Waals surface area contributed by atoms with E-state index in [1.807, 2.05) is 0 Å². The molecule has 52 heavy (non-hydrogen) atoms. The lowest BCUT2D eigenvalue weighted by atomic mass is 9.70. The van der Waals surface area contributed by atoms with Crippen LogP contribution >= 0.6 is 0 Å². The van der Waals surface area contributed by atoms with Gasteiger partial charge in [0.05, 0.1) is 5.41 Å². The van der Waals surface area contributed by atoms with Crippen molar-refractivity contribution in [2.24, 2.45) is 0 Å². The number of fused-ring (bicyclic) bond motifs is 13. The molecule has 0 fully saturated rings. The zero-order chi connectivity index (χ0) is 34.0. The molecule has 1 heterocycles. The second-order valence-corrected chi connectivity index (χ2v) is 14.7. The summed E-state index contributed by atoms with van der Waals surface area (Å²) in [5.41, 5.74) is 16.7. The Labute approximate surface area is 302 Å². The molecule has 12 rings (SSSR count). The minimum Gasteiger partial charge on any atom is -0.485 e. The van der Waals surface area contributed by atoms with Gasteiger partial charge in [-0.3, -0.25) is 0 Å². The van der Waals surface area contributed by atoms with Gasteiger partial charge in [-0.2, -0.15) is 0 Å². The van der Waals surface area contributed by atoms with E-state index in [1.165, 1.54) is 93.9 Å². The van der Waals surface area contributed by atoms with Crippen LogP contribution in [0.1, 0.15) is 33.7 Å². The molecule has 0 amide bonds. The van der Waals surface area contributed by atoms with E-state index in [1.54, 1.807) is 0 Å². The average Bonchev–Trinajstić information content (AvgIpc) is 3.67. The second-order valence-electron chi connectivity index (χ2n) is 14.7. The molecule has 0 N–H and O–H groups in total. The summed E-state index contributed by atoms with van der Waals surface area (Å²) in [5.74, 6) is 1.22. The Morgan fingerprint density at radius 2 is 1.00 bits per heavy atom. The summed E-state index contributed by atoms with van der Waals surface area (Å²) >= 11 is 0. The molecule has 0 bridgehead atoms. The van der Waals surface area contributed by atoms with Crippen molar-refractivity contribution >= 4 is 21.5 Å². The molecule has 0 radical (unpaired) electrons. The molecule has 0 saturated carbocycles. The van der Waals surface area contributed by atoms with Crippen LogP contribution in [-0.4, -0.2) is 6.10 Å². The lowest BCUT2D eigenvalue weighted by Gasteiger charge is -2.32. The molecular formula is C51H32O. The minimum absolute atomic E-state index is 0.0190. The van der Waals surface area contributed by atoms with Gasteiger partial charge in [0, 0.05) is 11.3 Å². The third-order valence-electron chi connectivity index (χ3n) is 12.2. The van der Waals surface area contributed by atoms with Gasteiger partial charge in [-0.25, -0.2) is 0 Å². The van der Waals surface area contributed by atoms with Crippen molar-refractivity contribution in [1.29, 1.82) is 0 Å². The number of rotatable bonds is 2. The van der Waals surface area contributed by atoms with Crippen LogP contribution in [0, 0.1) is 0 Å². The van der Waals surface area contributed by atoms with Crippen molar-refractivity contribution in [2.75, 3.05) is 0 Å². The zero-order valence-corrected chi connectivity index (χ0v) is 28.4. The van der Waals surface area contributed by atoms with Gasteiger partial charge in [0.25, 0.3) is 0 Å². The fourth-order valence-corrected chi connectivity index (χ4v) is 10.1. The molecule has 3 aliphatic carbocycles. The molecule has 0 saturated heterocycles. The van der Waals surface area contributed by atoms with Crippen LogP contribution in [0.5, 0.6) is 5.75 Å². The maximum absolute atomic E-state index is 6.70. The molecule has 0 aromatic heterocycles. The van der Waals surface area contributed by atoms with E-state index < -0.39 is 0 Å². The van der Waals surface area contributed by atoms with E-state index in [-0.39, 0.29) is 17.4 Å². The average molecular weight is 661 g/mol. The molecule has 1 spiro atoms. The zero-order valence-electron chi connectivity index (χ0n) is 28.4. The number of benzene rings is 8. The summed E-state index contributed by atoms with van der Waals surface area (Å²) in [4.78, 5) is 0. The predicted molar refractivity (Wildman–Crippen MR) is 214 cm³/mol. The summed E-state index contributed by atoms with van der Waals surface area (Å²) in [7, 11) is 0. The van der Waals surface area contributed by atoms with E-state index >= 15 is 0 Å². The van der Waals surface area contributed by atoms with E-state index in [9.17, 15) is 0 Å². The van der Waals surface area contributed by atoms with Gasteiger partial charge in [0.15, 0.2) is 0 Å². The Kier molecular flexibility index (Phi) is 5.61. The van der Waals surface area contributed by atoms with Crippen LogP contribution in [0.25, 0.3) is 66.1 Å². The molecule has 8 aromatic rings. The Balaban J connectivity index is 1.06. The molecule has 4 aliphatic rings. The van der Waals surface area contributed by atoms with E-state index in [2.05, 4.69) is 182 Å². The first-order valence-corrected chi connectivity index (χ1v) is 18.3. The Morgan fingerprint density at radius 1 is 0.423 bits per heavy atom. The number of hydrogen-bond donors (Lipinski definition) is 0. The largest absolute Gasteiger partial charge is 0.485 e. The first-order valence-electron chi connectivity index (χ1n) is 18.3. The van der Waals surface area contributed by atoms with E-state index in [4.69, 9.17) is 4.74 Å². The first kappa shape index (κ1) is 28.3. The van der Waals surface area contributed by atoms with Gasteiger partial charge in [0.1, 0.15) is 11.9 Å². The lowest BCUT2D eigenvalue weighted by Crippen LogP contribution is -2.27. The Hall–Kier alpha value is -6.44. The molecule has 2 atom stereocenters. The summed E-state index contributed by atoms with van der Waals surface area (Å²) in [6.07, 6.45) is 8.72. The minimum atomic E-state index is -0.363. The summed E-state index contributed by atoms with van der Waals surface area (Å²) in [6, 6.07) is 59.2. The molecular weight excluding hydrogens is 629 g/mol. The summed E-state index contributed by atoms with van der Waals surface area (Å²) in [6.45, 7) is 0. The van der Waals surface area contributed by atoms with Gasteiger partial charge in [-0.05, 0) is 113 Å². The van der Waals surface area contributed by atoms with Crippen LogP contribution in [0.2, 0.25) is 0 Å².